The van der Waals surface area contributed by atoms with Crippen molar-refractivity contribution >= 4 is 11.0 Å². The number of nitrogens with zero attached hydrogens (tertiary/aromatic N) is 4. The zero-order valence-corrected chi connectivity index (χ0v) is 14.9. The molecule has 0 radical (unpaired) electrons. The minimum atomic E-state index is 0.698. The van der Waals surface area contributed by atoms with E-state index in [1.807, 2.05) is 4.68 Å². The molecule has 1 heterocycles. The molecule has 1 aromatic heterocycles. The molecule has 0 aliphatic rings. The van der Waals surface area contributed by atoms with Gasteiger partial charge in [-0.3, -0.25) is 4.90 Å². The second-order valence-electron chi connectivity index (χ2n) is 6.63. The minimum absolute atomic E-state index is 0.698. The average molecular weight is 342 g/mol. The molecule has 0 spiro atoms. The van der Waals surface area contributed by atoms with Gasteiger partial charge in [0.2, 0.25) is 0 Å². The van der Waals surface area contributed by atoms with Crippen LogP contribution >= 0.6 is 0 Å². The summed E-state index contributed by atoms with van der Waals surface area (Å²) in [6.07, 6.45) is 0. The first kappa shape index (κ1) is 16.5. The molecule has 4 aromatic rings. The lowest BCUT2D eigenvalue weighted by Gasteiger charge is -2.22. The van der Waals surface area contributed by atoms with Gasteiger partial charge in [-0.05, 0) is 29.7 Å². The van der Waals surface area contributed by atoms with Crippen molar-refractivity contribution in [1.82, 2.24) is 19.9 Å². The van der Waals surface area contributed by atoms with Gasteiger partial charge >= 0.3 is 0 Å². The Morgan fingerprint density at radius 3 is 2.00 bits per heavy atom. The topological polar surface area (TPSA) is 34.0 Å². The van der Waals surface area contributed by atoms with Crippen molar-refractivity contribution in [3.05, 3.63) is 95.6 Å². The van der Waals surface area contributed by atoms with Crippen molar-refractivity contribution in [2.45, 2.75) is 26.7 Å². The van der Waals surface area contributed by atoms with E-state index in [0.29, 0.717) is 6.67 Å². The van der Waals surface area contributed by atoms with E-state index >= 15 is 0 Å². The maximum Gasteiger partial charge on any atom is 0.116 e. The maximum atomic E-state index is 4.40. The van der Waals surface area contributed by atoms with Gasteiger partial charge in [-0.2, -0.15) is 0 Å². The van der Waals surface area contributed by atoms with Crippen molar-refractivity contribution in [3.63, 3.8) is 0 Å². The first-order valence-electron chi connectivity index (χ1n) is 8.88. The van der Waals surface area contributed by atoms with Gasteiger partial charge in [0.15, 0.2) is 0 Å². The molecule has 3 aromatic carbocycles. The van der Waals surface area contributed by atoms with Crippen LogP contribution in [0, 0.1) is 6.92 Å². The highest BCUT2D eigenvalue weighted by Crippen LogP contribution is 2.17. The van der Waals surface area contributed by atoms with Crippen molar-refractivity contribution in [2.24, 2.45) is 0 Å². The van der Waals surface area contributed by atoms with Gasteiger partial charge in [0.25, 0.3) is 0 Å². The van der Waals surface area contributed by atoms with E-state index in [-0.39, 0.29) is 0 Å². The van der Waals surface area contributed by atoms with Crippen LogP contribution in [0.25, 0.3) is 11.0 Å². The molecule has 0 bridgehead atoms. The van der Waals surface area contributed by atoms with Crippen LogP contribution in [-0.4, -0.2) is 19.9 Å². The number of hydrogen-bond acceptors (Lipinski definition) is 3. The summed E-state index contributed by atoms with van der Waals surface area (Å²) in [7, 11) is 0. The summed E-state index contributed by atoms with van der Waals surface area (Å²) in [6.45, 7) is 4.50. The Morgan fingerprint density at radius 2 is 1.38 bits per heavy atom. The van der Waals surface area contributed by atoms with E-state index < -0.39 is 0 Å². The zero-order chi connectivity index (χ0) is 17.8. The number of fused-ring (bicyclic) bond motifs is 1. The van der Waals surface area contributed by atoms with Crippen LogP contribution in [0.4, 0.5) is 0 Å². The van der Waals surface area contributed by atoms with E-state index in [0.717, 1.165) is 29.7 Å². The van der Waals surface area contributed by atoms with Gasteiger partial charge in [-0.25, -0.2) is 4.68 Å². The number of aryl methyl sites for hydroxylation is 1. The van der Waals surface area contributed by atoms with Gasteiger partial charge in [0.1, 0.15) is 5.52 Å². The summed E-state index contributed by atoms with van der Waals surface area (Å²) in [5, 5.41) is 8.78. The van der Waals surface area contributed by atoms with Gasteiger partial charge in [-0.1, -0.05) is 78.0 Å². The quantitative estimate of drug-likeness (QED) is 0.521. The number of hydrogen-bond donors (Lipinski definition) is 0. The molecule has 4 nitrogen and oxygen atoms in total. The molecule has 0 aliphatic heterocycles. The summed E-state index contributed by atoms with van der Waals surface area (Å²) >= 11 is 0. The smallest absolute Gasteiger partial charge is 0.116 e. The van der Waals surface area contributed by atoms with Gasteiger partial charge < -0.3 is 0 Å². The monoisotopic (exact) mass is 342 g/mol. The molecule has 26 heavy (non-hydrogen) atoms. The Morgan fingerprint density at radius 1 is 0.769 bits per heavy atom. The number of aromatic nitrogens is 3. The number of benzene rings is 3. The van der Waals surface area contributed by atoms with Gasteiger partial charge in [0, 0.05) is 13.1 Å². The zero-order valence-electron chi connectivity index (χ0n) is 14.9. The Kier molecular flexibility index (Phi) is 4.75. The van der Waals surface area contributed by atoms with E-state index in [1.54, 1.807) is 0 Å². The van der Waals surface area contributed by atoms with Crippen molar-refractivity contribution in [3.8, 4) is 0 Å². The predicted octanol–water partition coefficient (Wildman–Crippen LogP) is 4.40. The average Bonchev–Trinajstić information content (AvgIpc) is 3.08. The summed E-state index contributed by atoms with van der Waals surface area (Å²) in [4.78, 5) is 2.39. The van der Waals surface area contributed by atoms with Crippen molar-refractivity contribution < 1.29 is 0 Å². The van der Waals surface area contributed by atoms with Crippen molar-refractivity contribution in [2.75, 3.05) is 0 Å². The highest BCUT2D eigenvalue weighted by atomic mass is 15.5. The lowest BCUT2D eigenvalue weighted by Crippen LogP contribution is -2.26. The molecule has 0 aliphatic carbocycles. The van der Waals surface area contributed by atoms with Crippen LogP contribution in [0.15, 0.2) is 78.9 Å². The summed E-state index contributed by atoms with van der Waals surface area (Å²) in [5.41, 5.74) is 5.81. The highest BCUT2D eigenvalue weighted by molar-refractivity contribution is 5.77. The largest absolute Gasteiger partial charge is 0.276 e. The fourth-order valence-electron chi connectivity index (χ4n) is 3.26. The lowest BCUT2D eigenvalue weighted by molar-refractivity contribution is 0.191. The first-order chi connectivity index (χ1) is 12.8. The molecule has 130 valence electrons. The summed E-state index contributed by atoms with van der Waals surface area (Å²) in [6, 6.07) is 27.4. The fourth-order valence-corrected chi connectivity index (χ4v) is 3.26. The minimum Gasteiger partial charge on any atom is -0.276 e. The van der Waals surface area contributed by atoms with Crippen LogP contribution in [0.3, 0.4) is 0 Å². The first-order valence-corrected chi connectivity index (χ1v) is 8.88. The fraction of sp³-hybridized carbons (Fsp3) is 0.182. The highest BCUT2D eigenvalue weighted by Gasteiger charge is 2.12. The standard InChI is InChI=1S/C22H22N4/c1-18-9-8-14-21-22(18)23-24-26(21)17-25(15-19-10-4-2-5-11-19)16-20-12-6-3-7-13-20/h2-14H,15-17H2,1H3. The van der Waals surface area contributed by atoms with Crippen molar-refractivity contribution in [1.29, 1.82) is 0 Å². The Bertz CT molecular complexity index is 935. The normalized spacial score (nSPS) is 11.3. The van der Waals surface area contributed by atoms with Crippen LogP contribution in [0.5, 0.6) is 0 Å². The second-order valence-corrected chi connectivity index (χ2v) is 6.63. The van der Waals surface area contributed by atoms with Gasteiger partial charge in [-0.15, -0.1) is 5.10 Å². The van der Waals surface area contributed by atoms with E-state index in [1.165, 1.54) is 11.1 Å². The molecule has 0 saturated heterocycles. The molecule has 0 saturated carbocycles. The molecule has 0 fully saturated rings. The maximum absolute atomic E-state index is 4.40. The summed E-state index contributed by atoms with van der Waals surface area (Å²) < 4.78 is 1.99. The third-order valence-corrected chi connectivity index (χ3v) is 4.58. The Hall–Kier alpha value is -2.98. The molecule has 0 amide bonds. The molecule has 4 heteroatoms. The number of rotatable bonds is 6. The molecule has 0 N–H and O–H groups in total. The van der Waals surface area contributed by atoms with Crippen LogP contribution in [0.2, 0.25) is 0 Å². The lowest BCUT2D eigenvalue weighted by atomic mass is 10.2. The molecule has 4 rings (SSSR count). The molecular weight excluding hydrogens is 320 g/mol. The third-order valence-electron chi connectivity index (χ3n) is 4.58. The van der Waals surface area contributed by atoms with E-state index in [4.69, 9.17) is 0 Å². The van der Waals surface area contributed by atoms with Crippen LogP contribution in [0.1, 0.15) is 16.7 Å². The SMILES string of the molecule is Cc1cccc2c1nnn2CN(Cc1ccccc1)Cc1ccccc1. The Balaban J connectivity index is 1.62. The van der Waals surface area contributed by atoms with Crippen LogP contribution < -0.4 is 0 Å². The summed E-state index contributed by atoms with van der Waals surface area (Å²) in [5.74, 6) is 0. The Labute approximate surface area is 153 Å². The molecule has 0 atom stereocenters. The van der Waals surface area contributed by atoms with E-state index in [9.17, 15) is 0 Å². The third kappa shape index (κ3) is 3.65. The van der Waals surface area contributed by atoms with Gasteiger partial charge in [0.05, 0.1) is 12.2 Å². The molecule has 0 unspecified atom stereocenters. The predicted molar refractivity (Wildman–Crippen MR) is 104 cm³/mol. The van der Waals surface area contributed by atoms with E-state index in [2.05, 4.69) is 101 Å². The second kappa shape index (κ2) is 7.50. The molecular formula is C22H22N4. The van der Waals surface area contributed by atoms with Crippen LogP contribution in [-0.2, 0) is 19.8 Å².